The van der Waals surface area contributed by atoms with E-state index < -0.39 is 16.1 Å². The third-order valence-corrected chi connectivity index (χ3v) is 5.33. The van der Waals surface area contributed by atoms with Crippen LogP contribution in [0.25, 0.3) is 16.9 Å². The molecule has 0 radical (unpaired) electrons. The molecule has 1 heterocycles. The van der Waals surface area contributed by atoms with Crippen LogP contribution in [0.4, 0.5) is 4.79 Å². The Morgan fingerprint density at radius 3 is 2.31 bits per heavy atom. The van der Waals surface area contributed by atoms with E-state index in [2.05, 4.69) is 5.10 Å². The molecule has 0 aliphatic rings. The lowest BCUT2D eigenvalue weighted by Crippen LogP contribution is -2.34. The van der Waals surface area contributed by atoms with Gasteiger partial charge in [-0.25, -0.2) is 28.1 Å². The minimum absolute atomic E-state index is 0.0148. The van der Waals surface area contributed by atoms with Crippen LogP contribution in [0.1, 0.15) is 5.69 Å². The third-order valence-electron chi connectivity index (χ3n) is 4.14. The smallest absolute Gasteiger partial charge is 0.338 e. The topological polar surface area (TPSA) is 145 Å². The fourth-order valence-electron chi connectivity index (χ4n) is 2.68. The number of aromatic nitrogens is 2. The number of halogens is 1. The van der Waals surface area contributed by atoms with Crippen LogP contribution >= 0.6 is 11.6 Å². The number of hydroxylamine groups is 2. The summed E-state index contributed by atoms with van der Waals surface area (Å²) in [5.41, 5.74) is 7.74. The summed E-state index contributed by atoms with van der Waals surface area (Å²) in [7, 11) is -3.81. The lowest BCUT2D eigenvalue weighted by molar-refractivity contribution is -0.0383. The number of sulfonamides is 1. The summed E-state index contributed by atoms with van der Waals surface area (Å²) in [6.07, 6.45) is 0.252. The summed E-state index contributed by atoms with van der Waals surface area (Å²) in [5.74, 6) is 0. The second-order valence-electron chi connectivity index (χ2n) is 6.19. The number of primary amides is 1. The van der Waals surface area contributed by atoms with E-state index in [4.69, 9.17) is 22.5 Å². The standard InChI is InChI=1S/C18H18ClN5O4S/c19-13-3-1-12(2-4-13)17-11-14(9-10-23(26)18(20)25)22-24(17)15-5-7-16(8-6-15)29(21,27)28/h1-8,11,26H,9-10H2,(H2,20,25)(H2,21,27,28). The maximum atomic E-state index is 11.5. The van der Waals surface area contributed by atoms with Gasteiger partial charge in [-0.15, -0.1) is 0 Å². The highest BCUT2D eigenvalue weighted by Crippen LogP contribution is 2.26. The molecule has 2 amide bonds. The first-order valence-corrected chi connectivity index (χ1v) is 10.3. The number of hydrogen-bond donors (Lipinski definition) is 3. The SMILES string of the molecule is NC(=O)N(O)CCc1cc(-c2ccc(Cl)cc2)n(-c2ccc(S(N)(=O)=O)cc2)n1. The van der Waals surface area contributed by atoms with Gasteiger partial charge in [-0.05, 0) is 42.5 Å². The van der Waals surface area contributed by atoms with E-state index in [9.17, 15) is 18.4 Å². The number of nitrogens with two attached hydrogens (primary N) is 2. The van der Waals surface area contributed by atoms with Crippen molar-refractivity contribution >= 4 is 27.7 Å². The maximum absolute atomic E-state index is 11.5. The Morgan fingerprint density at radius 2 is 1.76 bits per heavy atom. The number of amides is 2. The van der Waals surface area contributed by atoms with Crippen molar-refractivity contribution in [2.75, 3.05) is 6.54 Å². The number of primary sulfonamides is 1. The monoisotopic (exact) mass is 435 g/mol. The molecule has 5 N–H and O–H groups in total. The normalized spacial score (nSPS) is 11.4. The number of carbonyl (C=O) groups is 1. The van der Waals surface area contributed by atoms with Gasteiger partial charge in [0.25, 0.3) is 0 Å². The fraction of sp³-hybridized carbons (Fsp3) is 0.111. The van der Waals surface area contributed by atoms with E-state index >= 15 is 0 Å². The largest absolute Gasteiger partial charge is 0.350 e. The van der Waals surface area contributed by atoms with Crippen LogP contribution in [-0.4, -0.2) is 41.0 Å². The van der Waals surface area contributed by atoms with Crippen LogP contribution in [0.3, 0.4) is 0 Å². The summed E-state index contributed by atoms with van der Waals surface area (Å²) in [6, 6.07) is 13.9. The van der Waals surface area contributed by atoms with Crippen LogP contribution in [0, 0.1) is 0 Å². The van der Waals surface area contributed by atoms with Crippen LogP contribution < -0.4 is 10.9 Å². The van der Waals surface area contributed by atoms with Crippen molar-refractivity contribution < 1.29 is 18.4 Å². The van der Waals surface area contributed by atoms with E-state index in [1.165, 1.54) is 12.1 Å². The Hall–Kier alpha value is -2.92. The molecule has 3 aromatic rings. The Bertz CT molecular complexity index is 1130. The van der Waals surface area contributed by atoms with Crippen LogP contribution in [0.2, 0.25) is 5.02 Å². The number of benzene rings is 2. The molecule has 9 nitrogen and oxygen atoms in total. The van der Waals surface area contributed by atoms with Gasteiger partial charge < -0.3 is 5.73 Å². The van der Waals surface area contributed by atoms with E-state index in [-0.39, 0.29) is 17.9 Å². The van der Waals surface area contributed by atoms with Crippen LogP contribution in [0.15, 0.2) is 59.5 Å². The predicted molar refractivity (Wildman–Crippen MR) is 107 cm³/mol. The summed E-state index contributed by atoms with van der Waals surface area (Å²) < 4.78 is 24.6. The van der Waals surface area contributed by atoms with Crippen molar-refractivity contribution in [2.24, 2.45) is 10.9 Å². The predicted octanol–water partition coefficient (Wildman–Crippen LogP) is 2.15. The van der Waals surface area contributed by atoms with Gasteiger partial charge in [0, 0.05) is 17.0 Å². The second-order valence-corrected chi connectivity index (χ2v) is 8.19. The zero-order valence-corrected chi connectivity index (χ0v) is 16.6. The van der Waals surface area contributed by atoms with E-state index in [0.717, 1.165) is 5.56 Å². The van der Waals surface area contributed by atoms with Gasteiger partial charge in [0.2, 0.25) is 10.0 Å². The van der Waals surface area contributed by atoms with Gasteiger partial charge in [-0.2, -0.15) is 5.10 Å². The second kappa shape index (κ2) is 8.21. The minimum atomic E-state index is -3.81. The molecule has 29 heavy (non-hydrogen) atoms. The Kier molecular flexibility index (Phi) is 5.89. The summed E-state index contributed by atoms with van der Waals surface area (Å²) in [6.45, 7) is -0.0310. The Morgan fingerprint density at radius 1 is 1.14 bits per heavy atom. The molecule has 0 aliphatic carbocycles. The molecule has 0 aliphatic heterocycles. The highest BCUT2D eigenvalue weighted by atomic mass is 35.5. The zero-order valence-electron chi connectivity index (χ0n) is 15.1. The van der Waals surface area contributed by atoms with Gasteiger partial charge in [0.05, 0.1) is 28.5 Å². The molecule has 0 spiro atoms. The maximum Gasteiger partial charge on any atom is 0.338 e. The zero-order chi connectivity index (χ0) is 21.2. The molecule has 0 saturated carbocycles. The third kappa shape index (κ3) is 4.93. The molecule has 0 fully saturated rings. The fourth-order valence-corrected chi connectivity index (χ4v) is 3.32. The lowest BCUT2D eigenvalue weighted by Gasteiger charge is -2.10. The molecule has 1 aromatic heterocycles. The highest BCUT2D eigenvalue weighted by Gasteiger charge is 2.15. The quantitative estimate of drug-likeness (QED) is 0.401. The lowest BCUT2D eigenvalue weighted by atomic mass is 10.1. The number of carbonyl (C=O) groups excluding carboxylic acids is 1. The van der Waals surface area contributed by atoms with Gasteiger partial charge in [0.15, 0.2) is 0 Å². The molecule has 0 bridgehead atoms. The molecule has 3 rings (SSSR count). The Labute approximate surface area is 172 Å². The van der Waals surface area contributed by atoms with Gasteiger partial charge >= 0.3 is 6.03 Å². The first-order chi connectivity index (χ1) is 13.6. The number of urea groups is 1. The van der Waals surface area contributed by atoms with E-state index in [1.807, 2.05) is 12.1 Å². The van der Waals surface area contributed by atoms with Gasteiger partial charge in [-0.1, -0.05) is 23.7 Å². The average molecular weight is 436 g/mol. The first kappa shape index (κ1) is 20.8. The molecule has 0 unspecified atom stereocenters. The van der Waals surface area contributed by atoms with Gasteiger partial charge in [0.1, 0.15) is 0 Å². The number of nitrogens with zero attached hydrogens (tertiary/aromatic N) is 3. The molecular formula is C18H18ClN5O4S. The van der Waals surface area contributed by atoms with Crippen molar-refractivity contribution in [3.63, 3.8) is 0 Å². The van der Waals surface area contributed by atoms with Crippen molar-refractivity contribution in [1.29, 1.82) is 0 Å². The van der Waals surface area contributed by atoms with E-state index in [0.29, 0.717) is 27.2 Å². The molecule has 0 saturated heterocycles. The molecule has 2 aromatic carbocycles. The highest BCUT2D eigenvalue weighted by molar-refractivity contribution is 7.89. The van der Waals surface area contributed by atoms with Crippen molar-refractivity contribution in [3.05, 3.63) is 65.3 Å². The minimum Gasteiger partial charge on any atom is -0.350 e. The van der Waals surface area contributed by atoms with Crippen molar-refractivity contribution in [1.82, 2.24) is 14.8 Å². The first-order valence-electron chi connectivity index (χ1n) is 8.39. The van der Waals surface area contributed by atoms with Gasteiger partial charge in [-0.3, -0.25) is 5.21 Å². The number of rotatable bonds is 6. The molecule has 11 heteroatoms. The summed E-state index contributed by atoms with van der Waals surface area (Å²) in [5, 5.41) is 20.1. The summed E-state index contributed by atoms with van der Waals surface area (Å²) >= 11 is 5.97. The average Bonchev–Trinajstić information content (AvgIpc) is 3.10. The molecule has 0 atom stereocenters. The van der Waals surface area contributed by atoms with Crippen LogP contribution in [0.5, 0.6) is 0 Å². The Balaban J connectivity index is 2.01. The van der Waals surface area contributed by atoms with Crippen molar-refractivity contribution in [3.8, 4) is 16.9 Å². The molecular weight excluding hydrogens is 418 g/mol. The van der Waals surface area contributed by atoms with Crippen molar-refractivity contribution in [2.45, 2.75) is 11.3 Å². The summed E-state index contributed by atoms with van der Waals surface area (Å²) in [4.78, 5) is 11.0. The van der Waals surface area contributed by atoms with Crippen LogP contribution in [-0.2, 0) is 16.4 Å². The molecule has 152 valence electrons. The van der Waals surface area contributed by atoms with E-state index in [1.54, 1.807) is 35.0 Å². The number of hydrogen-bond acceptors (Lipinski definition) is 5.